The van der Waals surface area contributed by atoms with Crippen LogP contribution in [-0.2, 0) is 14.3 Å². The molecule has 1 N–H and O–H groups in total. The van der Waals surface area contributed by atoms with E-state index in [4.69, 9.17) is 4.74 Å². The molecule has 0 aromatic heterocycles. The lowest BCUT2D eigenvalue weighted by Gasteiger charge is -2.30. The number of rotatable bonds is 1. The van der Waals surface area contributed by atoms with Crippen molar-refractivity contribution in [2.75, 3.05) is 6.61 Å². The molecule has 78 valence electrons. The number of esters is 1. The molecule has 0 amide bonds. The molecule has 1 unspecified atom stereocenters. The second-order valence-electron chi connectivity index (χ2n) is 4.39. The van der Waals surface area contributed by atoms with Crippen LogP contribution in [-0.4, -0.2) is 29.1 Å². The summed E-state index contributed by atoms with van der Waals surface area (Å²) >= 11 is 0. The van der Waals surface area contributed by atoms with Crippen molar-refractivity contribution >= 4 is 11.8 Å². The molecule has 14 heavy (non-hydrogen) atoms. The molecule has 4 nitrogen and oxygen atoms in total. The molecule has 1 saturated carbocycles. The highest BCUT2D eigenvalue weighted by molar-refractivity contribution is 5.87. The first-order chi connectivity index (χ1) is 6.57. The van der Waals surface area contributed by atoms with Crippen molar-refractivity contribution in [2.45, 2.75) is 31.8 Å². The van der Waals surface area contributed by atoms with Gasteiger partial charge in [0.15, 0.2) is 0 Å². The van der Waals surface area contributed by atoms with Crippen molar-refractivity contribution in [3.63, 3.8) is 0 Å². The molecule has 0 radical (unpaired) electrons. The van der Waals surface area contributed by atoms with E-state index in [-0.39, 0.29) is 30.2 Å². The number of hydrogen-bond acceptors (Lipinski definition) is 4. The van der Waals surface area contributed by atoms with E-state index >= 15 is 0 Å². The van der Waals surface area contributed by atoms with E-state index in [1.54, 1.807) is 6.92 Å². The summed E-state index contributed by atoms with van der Waals surface area (Å²) < 4.78 is 5.15. The van der Waals surface area contributed by atoms with Crippen molar-refractivity contribution in [1.29, 1.82) is 0 Å². The van der Waals surface area contributed by atoms with Gasteiger partial charge in [-0.05, 0) is 13.3 Å². The lowest BCUT2D eigenvalue weighted by atomic mass is 9.73. The molecular formula is C10H14O4. The van der Waals surface area contributed by atoms with Gasteiger partial charge in [0.05, 0.1) is 12.5 Å². The number of Topliss-reactive ketones (excluding diaryl/α,β-unsaturated/α-hetero) is 1. The van der Waals surface area contributed by atoms with Crippen molar-refractivity contribution < 1.29 is 19.4 Å². The molecule has 3 atom stereocenters. The van der Waals surface area contributed by atoms with Crippen molar-refractivity contribution in [3.05, 3.63) is 0 Å². The Labute approximate surface area is 82.2 Å². The minimum Gasteiger partial charge on any atom is -0.456 e. The van der Waals surface area contributed by atoms with Gasteiger partial charge in [0, 0.05) is 18.8 Å². The van der Waals surface area contributed by atoms with Gasteiger partial charge in [-0.25, -0.2) is 0 Å². The highest BCUT2D eigenvalue weighted by Gasteiger charge is 2.54. The van der Waals surface area contributed by atoms with Crippen LogP contribution in [0.15, 0.2) is 0 Å². The number of fused-ring (bicyclic) bond motifs is 1. The van der Waals surface area contributed by atoms with E-state index < -0.39 is 5.60 Å². The zero-order chi connectivity index (χ0) is 10.3. The first-order valence-electron chi connectivity index (χ1n) is 4.92. The maximum absolute atomic E-state index is 11.4. The molecule has 1 heterocycles. The Morgan fingerprint density at radius 1 is 1.57 bits per heavy atom. The molecule has 0 aromatic rings. The van der Waals surface area contributed by atoms with E-state index in [1.165, 1.54) is 0 Å². The maximum Gasteiger partial charge on any atom is 0.310 e. The van der Waals surface area contributed by atoms with E-state index in [0.717, 1.165) is 0 Å². The summed E-state index contributed by atoms with van der Waals surface area (Å²) in [5.74, 6) is -0.490. The number of hydrogen-bond donors (Lipinski definition) is 1. The first kappa shape index (κ1) is 9.65. The van der Waals surface area contributed by atoms with Gasteiger partial charge in [0.25, 0.3) is 0 Å². The fraction of sp³-hybridized carbons (Fsp3) is 0.800. The lowest BCUT2D eigenvalue weighted by molar-refractivity contribution is -0.153. The van der Waals surface area contributed by atoms with Gasteiger partial charge in [-0.2, -0.15) is 0 Å². The summed E-state index contributed by atoms with van der Waals surface area (Å²) in [5.41, 5.74) is -0.761. The lowest BCUT2D eigenvalue weighted by Crippen LogP contribution is -2.39. The van der Waals surface area contributed by atoms with Crippen LogP contribution in [0.3, 0.4) is 0 Å². The van der Waals surface area contributed by atoms with Gasteiger partial charge in [-0.15, -0.1) is 0 Å². The van der Waals surface area contributed by atoms with Crippen LogP contribution < -0.4 is 0 Å². The van der Waals surface area contributed by atoms with Crippen LogP contribution in [0.4, 0.5) is 0 Å². The minimum absolute atomic E-state index is 0.0118. The Morgan fingerprint density at radius 3 is 2.93 bits per heavy atom. The number of ketones is 1. The summed E-state index contributed by atoms with van der Waals surface area (Å²) in [5, 5.41) is 9.19. The summed E-state index contributed by atoms with van der Waals surface area (Å²) in [6, 6.07) is 0. The smallest absolute Gasteiger partial charge is 0.310 e. The largest absolute Gasteiger partial charge is 0.456 e. The second kappa shape index (κ2) is 3.05. The van der Waals surface area contributed by atoms with Crippen LogP contribution in [0, 0.1) is 11.8 Å². The zero-order valence-corrected chi connectivity index (χ0v) is 8.16. The average molecular weight is 198 g/mol. The van der Waals surface area contributed by atoms with E-state index in [1.807, 2.05) is 0 Å². The predicted octanol–water partition coefficient (Wildman–Crippen LogP) is 0.280. The molecule has 0 bridgehead atoms. The maximum atomic E-state index is 11.4. The van der Waals surface area contributed by atoms with E-state index in [2.05, 4.69) is 0 Å². The summed E-state index contributed by atoms with van der Waals surface area (Å²) in [7, 11) is 0. The van der Waals surface area contributed by atoms with Crippen molar-refractivity contribution in [1.82, 2.24) is 0 Å². The highest BCUT2D eigenvalue weighted by atomic mass is 16.6. The van der Waals surface area contributed by atoms with E-state index in [9.17, 15) is 14.7 Å². The number of aliphatic hydroxyl groups is 1. The Balaban J connectivity index is 2.24. The summed E-state index contributed by atoms with van der Waals surface area (Å²) in [6.45, 7) is 1.58. The van der Waals surface area contributed by atoms with Gasteiger partial charge >= 0.3 is 5.97 Å². The third-order valence-corrected chi connectivity index (χ3v) is 3.40. The second-order valence-corrected chi connectivity index (χ2v) is 4.39. The van der Waals surface area contributed by atoms with Gasteiger partial charge in [0.1, 0.15) is 11.4 Å². The Kier molecular flexibility index (Phi) is 2.10. The standard InChI is InChI=1S/C10H14O4/c1-10(5-11)8-3-2-6(12)4-7(8)9(13)14-10/h7-8,11H,2-5H2,1H3/t7-,8-,10?/m1/s1. The Morgan fingerprint density at radius 2 is 2.29 bits per heavy atom. The van der Waals surface area contributed by atoms with Crippen LogP contribution in [0.25, 0.3) is 0 Å². The van der Waals surface area contributed by atoms with Crippen LogP contribution in [0.1, 0.15) is 26.2 Å². The third kappa shape index (κ3) is 1.25. The number of cyclic esters (lactones) is 1. The van der Waals surface area contributed by atoms with Crippen molar-refractivity contribution in [3.8, 4) is 0 Å². The minimum atomic E-state index is -0.761. The summed E-state index contributed by atoms with van der Waals surface area (Å²) in [6.07, 6.45) is 1.46. The molecule has 1 saturated heterocycles. The topological polar surface area (TPSA) is 63.6 Å². The molecule has 1 aliphatic heterocycles. The molecular weight excluding hydrogens is 184 g/mol. The first-order valence-corrected chi connectivity index (χ1v) is 4.92. The molecule has 0 spiro atoms. The van der Waals surface area contributed by atoms with Gasteiger partial charge in [-0.1, -0.05) is 0 Å². The molecule has 1 aliphatic carbocycles. The molecule has 0 aromatic carbocycles. The van der Waals surface area contributed by atoms with Gasteiger partial charge in [-0.3, -0.25) is 9.59 Å². The fourth-order valence-electron chi connectivity index (χ4n) is 2.52. The quantitative estimate of drug-likeness (QED) is 0.615. The average Bonchev–Trinajstić information content (AvgIpc) is 2.40. The Hall–Kier alpha value is -0.900. The van der Waals surface area contributed by atoms with Crippen LogP contribution in [0.5, 0.6) is 0 Å². The SMILES string of the molecule is CC1(CO)OC(=O)[C@@H]2CC(=O)CC[C@H]21. The number of carbonyl (C=O) groups is 2. The third-order valence-electron chi connectivity index (χ3n) is 3.40. The highest BCUT2D eigenvalue weighted by Crippen LogP contribution is 2.44. The normalized spacial score (nSPS) is 42.1. The number of ether oxygens (including phenoxy) is 1. The Bertz CT molecular complexity index is 286. The number of aliphatic hydroxyl groups excluding tert-OH is 1. The zero-order valence-electron chi connectivity index (χ0n) is 8.16. The molecule has 2 aliphatic rings. The monoisotopic (exact) mass is 198 g/mol. The van der Waals surface area contributed by atoms with Gasteiger partial charge in [0.2, 0.25) is 0 Å². The van der Waals surface area contributed by atoms with Crippen LogP contribution >= 0.6 is 0 Å². The fourth-order valence-corrected chi connectivity index (χ4v) is 2.52. The summed E-state index contributed by atoms with van der Waals surface area (Å²) in [4.78, 5) is 22.6. The predicted molar refractivity (Wildman–Crippen MR) is 47.4 cm³/mol. The van der Waals surface area contributed by atoms with Gasteiger partial charge < -0.3 is 9.84 Å². The molecule has 2 fully saturated rings. The van der Waals surface area contributed by atoms with Crippen LogP contribution in [0.2, 0.25) is 0 Å². The molecule has 2 rings (SSSR count). The van der Waals surface area contributed by atoms with E-state index in [0.29, 0.717) is 19.3 Å². The van der Waals surface area contributed by atoms with Crippen molar-refractivity contribution in [2.24, 2.45) is 11.8 Å². The molecule has 4 heteroatoms. The number of carbonyl (C=O) groups excluding carboxylic acids is 2.